The van der Waals surface area contributed by atoms with Gasteiger partial charge in [0.15, 0.2) is 0 Å². The minimum atomic E-state index is -0.0218. The fourth-order valence-electron chi connectivity index (χ4n) is 2.80. The van der Waals surface area contributed by atoms with Gasteiger partial charge in [-0.1, -0.05) is 24.3 Å². The van der Waals surface area contributed by atoms with E-state index in [1.54, 1.807) is 11.0 Å². The van der Waals surface area contributed by atoms with E-state index < -0.39 is 0 Å². The molecule has 3 aromatic rings. The van der Waals surface area contributed by atoms with Gasteiger partial charge in [0.25, 0.3) is 0 Å². The van der Waals surface area contributed by atoms with Gasteiger partial charge in [0.1, 0.15) is 12.7 Å². The van der Waals surface area contributed by atoms with Crippen molar-refractivity contribution in [3.8, 4) is 5.69 Å². The van der Waals surface area contributed by atoms with Gasteiger partial charge in [-0.3, -0.25) is 4.79 Å². The molecule has 1 heterocycles. The molecule has 0 fully saturated rings. The van der Waals surface area contributed by atoms with Crippen LogP contribution >= 0.6 is 0 Å². The zero-order valence-corrected chi connectivity index (χ0v) is 15.0. The molecule has 1 atom stereocenters. The molecule has 3 rings (SSSR count). The predicted octanol–water partition coefficient (Wildman–Crippen LogP) is 2.74. The zero-order valence-electron chi connectivity index (χ0n) is 15.0. The average molecular weight is 349 g/mol. The van der Waals surface area contributed by atoms with Crippen molar-refractivity contribution < 1.29 is 4.79 Å². The summed E-state index contributed by atoms with van der Waals surface area (Å²) in [6.45, 7) is 4.35. The lowest BCUT2D eigenvalue weighted by molar-refractivity contribution is -0.119. The van der Waals surface area contributed by atoms with E-state index in [4.69, 9.17) is 0 Å². The van der Waals surface area contributed by atoms with Crippen LogP contribution in [0.15, 0.2) is 61.2 Å². The molecule has 0 aliphatic heterocycles. The Labute approximate surface area is 153 Å². The van der Waals surface area contributed by atoms with Gasteiger partial charge in [-0.15, -0.1) is 0 Å². The molecule has 0 aliphatic carbocycles. The third-order valence-electron chi connectivity index (χ3n) is 4.20. The molecule has 0 saturated heterocycles. The van der Waals surface area contributed by atoms with Crippen molar-refractivity contribution in [2.45, 2.75) is 26.3 Å². The van der Waals surface area contributed by atoms with Gasteiger partial charge in [-0.05, 0) is 55.7 Å². The fraction of sp³-hybridized carbons (Fsp3) is 0.250. The van der Waals surface area contributed by atoms with Crippen molar-refractivity contribution in [3.05, 3.63) is 72.3 Å². The molecule has 6 nitrogen and oxygen atoms in total. The molecule has 0 bridgehead atoms. The Morgan fingerprint density at radius 3 is 2.62 bits per heavy atom. The number of rotatable bonds is 7. The third-order valence-corrected chi connectivity index (χ3v) is 4.20. The first kappa shape index (κ1) is 17.7. The minimum Gasteiger partial charge on any atom is -0.376 e. The quantitative estimate of drug-likeness (QED) is 0.688. The van der Waals surface area contributed by atoms with Crippen molar-refractivity contribution in [2.24, 2.45) is 0 Å². The Hall–Kier alpha value is -3.15. The van der Waals surface area contributed by atoms with E-state index in [0.29, 0.717) is 0 Å². The van der Waals surface area contributed by atoms with Crippen LogP contribution in [-0.2, 0) is 11.2 Å². The number of hydrogen-bond acceptors (Lipinski definition) is 4. The summed E-state index contributed by atoms with van der Waals surface area (Å²) in [5, 5.41) is 10.3. The molecular weight excluding hydrogens is 326 g/mol. The largest absolute Gasteiger partial charge is 0.376 e. The highest BCUT2D eigenvalue weighted by Gasteiger charge is 2.09. The number of benzene rings is 2. The molecule has 0 radical (unpaired) electrons. The van der Waals surface area contributed by atoms with Gasteiger partial charge in [0.2, 0.25) is 5.91 Å². The monoisotopic (exact) mass is 349 g/mol. The zero-order chi connectivity index (χ0) is 18.4. The van der Waals surface area contributed by atoms with Gasteiger partial charge in [0.05, 0.1) is 12.2 Å². The Morgan fingerprint density at radius 1 is 1.15 bits per heavy atom. The molecule has 1 amide bonds. The molecule has 6 heteroatoms. The van der Waals surface area contributed by atoms with Crippen molar-refractivity contribution in [1.82, 2.24) is 20.1 Å². The lowest BCUT2D eigenvalue weighted by Crippen LogP contribution is -2.37. The summed E-state index contributed by atoms with van der Waals surface area (Å²) >= 11 is 0. The number of anilines is 1. The Morgan fingerprint density at radius 2 is 1.92 bits per heavy atom. The number of amides is 1. The lowest BCUT2D eigenvalue weighted by atomic mass is 10.0. The van der Waals surface area contributed by atoms with Crippen molar-refractivity contribution in [3.63, 3.8) is 0 Å². The Kier molecular flexibility index (Phi) is 5.63. The van der Waals surface area contributed by atoms with Crippen LogP contribution in [-0.4, -0.2) is 33.3 Å². The van der Waals surface area contributed by atoms with Crippen LogP contribution in [0, 0.1) is 6.92 Å². The summed E-state index contributed by atoms with van der Waals surface area (Å²) in [6.07, 6.45) is 3.96. The van der Waals surface area contributed by atoms with Gasteiger partial charge in [-0.25, -0.2) is 9.67 Å². The second kappa shape index (κ2) is 8.29. The number of aryl methyl sites for hydroxylation is 1. The maximum atomic E-state index is 12.2. The number of carbonyl (C=O) groups excluding carboxylic acids is 1. The predicted molar refractivity (Wildman–Crippen MR) is 102 cm³/mol. The van der Waals surface area contributed by atoms with E-state index in [1.807, 2.05) is 43.3 Å². The van der Waals surface area contributed by atoms with E-state index in [1.165, 1.54) is 17.5 Å². The molecule has 2 N–H and O–H groups in total. The van der Waals surface area contributed by atoms with E-state index >= 15 is 0 Å². The second-order valence-corrected chi connectivity index (χ2v) is 6.34. The summed E-state index contributed by atoms with van der Waals surface area (Å²) in [4.78, 5) is 16.1. The van der Waals surface area contributed by atoms with Crippen molar-refractivity contribution >= 4 is 11.6 Å². The number of carbonyl (C=O) groups is 1. The molecule has 0 saturated carbocycles. The molecule has 0 spiro atoms. The van der Waals surface area contributed by atoms with Crippen LogP contribution < -0.4 is 10.6 Å². The van der Waals surface area contributed by atoms with Crippen LogP contribution in [0.1, 0.15) is 18.1 Å². The smallest absolute Gasteiger partial charge is 0.239 e. The summed E-state index contributed by atoms with van der Waals surface area (Å²) < 4.78 is 1.68. The lowest BCUT2D eigenvalue weighted by Gasteiger charge is -2.16. The maximum Gasteiger partial charge on any atom is 0.239 e. The van der Waals surface area contributed by atoms with Gasteiger partial charge in [-0.2, -0.15) is 5.10 Å². The topological polar surface area (TPSA) is 71.8 Å². The molecule has 0 unspecified atom stereocenters. The van der Waals surface area contributed by atoms with Crippen molar-refractivity contribution in [1.29, 1.82) is 0 Å². The molecule has 2 aromatic carbocycles. The number of aromatic nitrogens is 3. The second-order valence-electron chi connectivity index (χ2n) is 6.34. The van der Waals surface area contributed by atoms with Gasteiger partial charge < -0.3 is 10.6 Å². The molecular formula is C20H23N5O. The highest BCUT2D eigenvalue weighted by molar-refractivity contribution is 5.81. The number of nitrogens with zero attached hydrogens (tertiary/aromatic N) is 3. The first-order chi connectivity index (χ1) is 12.6. The average Bonchev–Trinajstić information content (AvgIpc) is 3.17. The Balaban J connectivity index is 1.47. The van der Waals surface area contributed by atoms with Crippen LogP contribution in [0.5, 0.6) is 0 Å². The van der Waals surface area contributed by atoms with Crippen LogP contribution in [0.25, 0.3) is 5.69 Å². The molecule has 0 aliphatic rings. The van der Waals surface area contributed by atoms with Crippen LogP contribution in [0.4, 0.5) is 5.69 Å². The summed E-state index contributed by atoms with van der Waals surface area (Å²) in [6, 6.07) is 16.0. The first-order valence-corrected chi connectivity index (χ1v) is 8.64. The maximum absolute atomic E-state index is 12.2. The highest BCUT2D eigenvalue weighted by atomic mass is 16.1. The van der Waals surface area contributed by atoms with E-state index in [-0.39, 0.29) is 18.5 Å². The summed E-state index contributed by atoms with van der Waals surface area (Å²) in [5.74, 6) is -0.0218. The van der Waals surface area contributed by atoms with Crippen molar-refractivity contribution in [2.75, 3.05) is 11.9 Å². The van der Waals surface area contributed by atoms with E-state index in [0.717, 1.165) is 17.8 Å². The van der Waals surface area contributed by atoms with Gasteiger partial charge in [0, 0.05) is 11.7 Å². The van der Waals surface area contributed by atoms with Crippen LogP contribution in [0.3, 0.4) is 0 Å². The normalized spacial score (nSPS) is 11.8. The minimum absolute atomic E-state index is 0.0218. The SMILES string of the molecule is Cc1ccccc1C[C@@H](C)NC(=O)CNc1ccc(-n2cncn2)cc1. The third kappa shape index (κ3) is 4.69. The molecule has 134 valence electrons. The summed E-state index contributed by atoms with van der Waals surface area (Å²) in [5.41, 5.74) is 4.32. The highest BCUT2D eigenvalue weighted by Crippen LogP contribution is 2.12. The van der Waals surface area contributed by atoms with Gasteiger partial charge >= 0.3 is 0 Å². The summed E-state index contributed by atoms with van der Waals surface area (Å²) in [7, 11) is 0. The fourth-order valence-corrected chi connectivity index (χ4v) is 2.80. The number of hydrogen-bond donors (Lipinski definition) is 2. The Bertz CT molecular complexity index is 843. The van der Waals surface area contributed by atoms with E-state index in [9.17, 15) is 4.79 Å². The standard InChI is InChI=1S/C20H23N5O/c1-15-5-3-4-6-17(15)11-16(2)24-20(26)12-22-18-7-9-19(10-8-18)25-14-21-13-23-25/h3-10,13-14,16,22H,11-12H2,1-2H3,(H,24,26)/t16-/m1/s1. The molecule has 26 heavy (non-hydrogen) atoms. The van der Waals surface area contributed by atoms with Crippen LogP contribution in [0.2, 0.25) is 0 Å². The first-order valence-electron chi connectivity index (χ1n) is 8.64. The van der Waals surface area contributed by atoms with E-state index in [2.05, 4.69) is 39.8 Å². The molecule has 1 aromatic heterocycles. The number of nitrogens with one attached hydrogen (secondary N) is 2.